The van der Waals surface area contributed by atoms with Crippen LogP contribution < -0.4 is 5.32 Å². The third kappa shape index (κ3) is 4.19. The van der Waals surface area contributed by atoms with E-state index in [0.29, 0.717) is 24.3 Å². The summed E-state index contributed by atoms with van der Waals surface area (Å²) >= 11 is 0. The van der Waals surface area contributed by atoms with Crippen molar-refractivity contribution in [2.24, 2.45) is 0 Å². The molecule has 140 valence electrons. The SMILES string of the molecule is CCN(CC)C(=O)c1ccc(NC(=O)Cc2coc3cc(C)ccc23)cc1. The predicted molar refractivity (Wildman–Crippen MR) is 107 cm³/mol. The van der Waals surface area contributed by atoms with Gasteiger partial charge in [-0.3, -0.25) is 9.59 Å². The average Bonchev–Trinajstić information content (AvgIpc) is 3.04. The number of carbonyl (C=O) groups excluding carboxylic acids is 2. The molecular formula is C22H24N2O3. The van der Waals surface area contributed by atoms with Gasteiger partial charge in [0.1, 0.15) is 5.58 Å². The Morgan fingerprint density at radius 1 is 1.04 bits per heavy atom. The van der Waals surface area contributed by atoms with Crippen molar-refractivity contribution >= 4 is 28.5 Å². The van der Waals surface area contributed by atoms with E-state index in [1.165, 1.54) is 0 Å². The van der Waals surface area contributed by atoms with Crippen molar-refractivity contribution in [3.05, 3.63) is 65.4 Å². The Labute approximate surface area is 159 Å². The number of furan rings is 1. The van der Waals surface area contributed by atoms with Crippen LogP contribution in [0, 0.1) is 6.92 Å². The van der Waals surface area contributed by atoms with Gasteiger partial charge in [-0.1, -0.05) is 12.1 Å². The van der Waals surface area contributed by atoms with Crippen LogP contribution in [0.4, 0.5) is 5.69 Å². The fourth-order valence-corrected chi connectivity index (χ4v) is 3.10. The van der Waals surface area contributed by atoms with E-state index >= 15 is 0 Å². The number of amides is 2. The summed E-state index contributed by atoms with van der Waals surface area (Å²) in [7, 11) is 0. The molecule has 1 heterocycles. The van der Waals surface area contributed by atoms with Crippen molar-refractivity contribution in [1.29, 1.82) is 0 Å². The highest BCUT2D eigenvalue weighted by atomic mass is 16.3. The first kappa shape index (κ1) is 18.7. The van der Waals surface area contributed by atoms with Crippen LogP contribution in [0.5, 0.6) is 0 Å². The Morgan fingerprint density at radius 2 is 1.74 bits per heavy atom. The van der Waals surface area contributed by atoms with Crippen molar-refractivity contribution in [1.82, 2.24) is 4.90 Å². The number of benzene rings is 2. The average molecular weight is 364 g/mol. The minimum atomic E-state index is -0.124. The molecule has 0 unspecified atom stereocenters. The summed E-state index contributed by atoms with van der Waals surface area (Å²) in [5.41, 5.74) is 4.05. The van der Waals surface area contributed by atoms with Gasteiger partial charge in [-0.15, -0.1) is 0 Å². The quantitative estimate of drug-likeness (QED) is 0.705. The first-order chi connectivity index (χ1) is 13.0. The second kappa shape index (κ2) is 8.08. The zero-order valence-corrected chi connectivity index (χ0v) is 15.9. The van der Waals surface area contributed by atoms with Crippen molar-refractivity contribution in [3.63, 3.8) is 0 Å². The van der Waals surface area contributed by atoms with Crippen LogP contribution in [-0.4, -0.2) is 29.8 Å². The molecule has 2 amide bonds. The van der Waals surface area contributed by atoms with Crippen molar-refractivity contribution < 1.29 is 14.0 Å². The van der Waals surface area contributed by atoms with E-state index < -0.39 is 0 Å². The van der Waals surface area contributed by atoms with Gasteiger partial charge in [0.25, 0.3) is 5.91 Å². The standard InChI is InChI=1S/C22H24N2O3/c1-4-24(5-2)22(26)16-7-9-18(10-8-16)23-21(25)13-17-14-27-20-12-15(3)6-11-19(17)20/h6-12,14H,4-5,13H2,1-3H3,(H,23,25). The van der Waals surface area contributed by atoms with Gasteiger partial charge in [-0.05, 0) is 56.7 Å². The topological polar surface area (TPSA) is 62.6 Å². The Bertz CT molecular complexity index is 953. The second-order valence-corrected chi connectivity index (χ2v) is 6.54. The number of hydrogen-bond acceptors (Lipinski definition) is 3. The summed E-state index contributed by atoms with van der Waals surface area (Å²) in [5, 5.41) is 3.83. The second-order valence-electron chi connectivity index (χ2n) is 6.54. The third-order valence-corrected chi connectivity index (χ3v) is 4.63. The van der Waals surface area contributed by atoms with E-state index in [4.69, 9.17) is 4.42 Å². The predicted octanol–water partition coefficient (Wildman–Crippen LogP) is 4.40. The maximum absolute atomic E-state index is 12.4. The van der Waals surface area contributed by atoms with Gasteiger partial charge in [-0.2, -0.15) is 0 Å². The molecule has 0 spiro atoms. The van der Waals surface area contributed by atoms with E-state index in [9.17, 15) is 9.59 Å². The van der Waals surface area contributed by atoms with Gasteiger partial charge in [-0.25, -0.2) is 0 Å². The number of carbonyl (C=O) groups is 2. The molecule has 1 aromatic heterocycles. The van der Waals surface area contributed by atoms with Gasteiger partial charge < -0.3 is 14.6 Å². The summed E-state index contributed by atoms with van der Waals surface area (Å²) in [6.07, 6.45) is 1.87. The molecule has 0 aliphatic heterocycles. The molecule has 0 aliphatic carbocycles. The van der Waals surface area contributed by atoms with E-state index in [2.05, 4.69) is 5.32 Å². The van der Waals surface area contributed by atoms with E-state index in [1.807, 2.05) is 39.0 Å². The third-order valence-electron chi connectivity index (χ3n) is 4.63. The fraction of sp³-hybridized carbons (Fsp3) is 0.273. The first-order valence-electron chi connectivity index (χ1n) is 9.17. The number of anilines is 1. The molecule has 3 rings (SSSR count). The number of nitrogens with zero attached hydrogens (tertiary/aromatic N) is 1. The fourth-order valence-electron chi connectivity index (χ4n) is 3.10. The van der Waals surface area contributed by atoms with Gasteiger partial charge in [0.15, 0.2) is 0 Å². The van der Waals surface area contributed by atoms with Gasteiger partial charge in [0.05, 0.1) is 12.7 Å². The van der Waals surface area contributed by atoms with Crippen molar-refractivity contribution in [2.75, 3.05) is 18.4 Å². The molecule has 3 aromatic rings. The summed E-state index contributed by atoms with van der Waals surface area (Å²) in [4.78, 5) is 26.5. The smallest absolute Gasteiger partial charge is 0.253 e. The van der Waals surface area contributed by atoms with Gasteiger partial charge >= 0.3 is 0 Å². The highest BCUT2D eigenvalue weighted by Crippen LogP contribution is 2.23. The summed E-state index contributed by atoms with van der Waals surface area (Å²) in [6.45, 7) is 7.26. The highest BCUT2D eigenvalue weighted by molar-refractivity contribution is 5.97. The van der Waals surface area contributed by atoms with E-state index in [0.717, 1.165) is 22.1 Å². The van der Waals surface area contributed by atoms with Crippen LogP contribution in [0.1, 0.15) is 35.3 Å². The normalized spacial score (nSPS) is 10.8. The van der Waals surface area contributed by atoms with Crippen LogP contribution in [-0.2, 0) is 11.2 Å². The minimum absolute atomic E-state index is 0.00182. The Balaban J connectivity index is 1.66. The largest absolute Gasteiger partial charge is 0.464 e. The van der Waals surface area contributed by atoms with Gasteiger partial charge in [0.2, 0.25) is 5.91 Å². The van der Waals surface area contributed by atoms with Crippen LogP contribution in [0.15, 0.2) is 53.1 Å². The Hall–Kier alpha value is -3.08. The molecule has 5 heteroatoms. The molecule has 0 atom stereocenters. The Morgan fingerprint density at radius 3 is 2.41 bits per heavy atom. The molecule has 0 aliphatic rings. The van der Waals surface area contributed by atoms with E-state index in [-0.39, 0.29) is 18.2 Å². The lowest BCUT2D eigenvalue weighted by Gasteiger charge is -2.18. The highest BCUT2D eigenvalue weighted by Gasteiger charge is 2.13. The zero-order valence-electron chi connectivity index (χ0n) is 15.9. The molecule has 0 saturated carbocycles. The Kier molecular flexibility index (Phi) is 5.60. The molecule has 0 radical (unpaired) electrons. The van der Waals surface area contributed by atoms with Crippen LogP contribution in [0.2, 0.25) is 0 Å². The van der Waals surface area contributed by atoms with E-state index in [1.54, 1.807) is 35.4 Å². The van der Waals surface area contributed by atoms with Crippen LogP contribution >= 0.6 is 0 Å². The molecule has 27 heavy (non-hydrogen) atoms. The number of hydrogen-bond donors (Lipinski definition) is 1. The minimum Gasteiger partial charge on any atom is -0.464 e. The monoisotopic (exact) mass is 364 g/mol. The van der Waals surface area contributed by atoms with Crippen LogP contribution in [0.25, 0.3) is 11.0 Å². The number of nitrogens with one attached hydrogen (secondary N) is 1. The maximum atomic E-state index is 12.4. The summed E-state index contributed by atoms with van der Waals surface area (Å²) < 4.78 is 5.54. The number of rotatable bonds is 6. The number of aryl methyl sites for hydroxylation is 1. The molecule has 5 nitrogen and oxygen atoms in total. The molecular weight excluding hydrogens is 340 g/mol. The molecule has 0 bridgehead atoms. The summed E-state index contributed by atoms with van der Waals surface area (Å²) in [5.74, 6) is -0.126. The van der Waals surface area contributed by atoms with Gasteiger partial charge in [0, 0.05) is 35.3 Å². The summed E-state index contributed by atoms with van der Waals surface area (Å²) in [6, 6.07) is 12.9. The molecule has 2 aromatic carbocycles. The van der Waals surface area contributed by atoms with Crippen molar-refractivity contribution in [3.8, 4) is 0 Å². The lowest BCUT2D eigenvalue weighted by molar-refractivity contribution is -0.115. The maximum Gasteiger partial charge on any atom is 0.253 e. The number of fused-ring (bicyclic) bond motifs is 1. The molecule has 0 fully saturated rings. The zero-order chi connectivity index (χ0) is 19.4. The van der Waals surface area contributed by atoms with Crippen LogP contribution in [0.3, 0.4) is 0 Å². The first-order valence-corrected chi connectivity index (χ1v) is 9.17. The molecule has 1 N–H and O–H groups in total. The lowest BCUT2D eigenvalue weighted by Crippen LogP contribution is -2.30. The van der Waals surface area contributed by atoms with Crippen molar-refractivity contribution in [2.45, 2.75) is 27.2 Å². The lowest BCUT2D eigenvalue weighted by atomic mass is 10.1. The molecule has 0 saturated heterocycles.